The second-order valence-corrected chi connectivity index (χ2v) is 7.79. The van der Waals surface area contributed by atoms with Crippen LogP contribution < -0.4 is 11.1 Å². The van der Waals surface area contributed by atoms with E-state index in [0.29, 0.717) is 17.8 Å². The lowest BCUT2D eigenvalue weighted by atomic mass is 9.71. The van der Waals surface area contributed by atoms with Crippen LogP contribution in [0, 0.1) is 11.8 Å². The molecule has 0 aliphatic heterocycles. The molecule has 1 fully saturated rings. The van der Waals surface area contributed by atoms with Crippen LogP contribution in [0.5, 0.6) is 0 Å². The normalized spacial score (nSPS) is 28.3. The highest BCUT2D eigenvalue weighted by molar-refractivity contribution is 5.85. The molecular formula is C18H29N3O2. The minimum Gasteiger partial charge on any atom is -0.444 e. The fraction of sp³-hybridized carbons (Fsp3) is 0.667. The van der Waals surface area contributed by atoms with Crippen molar-refractivity contribution in [3.63, 3.8) is 0 Å². The lowest BCUT2D eigenvalue weighted by Gasteiger charge is -2.37. The van der Waals surface area contributed by atoms with Gasteiger partial charge in [0.15, 0.2) is 0 Å². The van der Waals surface area contributed by atoms with Crippen molar-refractivity contribution in [2.24, 2.45) is 17.6 Å². The zero-order valence-corrected chi connectivity index (χ0v) is 14.8. The van der Waals surface area contributed by atoms with Crippen molar-refractivity contribution in [2.75, 3.05) is 5.32 Å². The Morgan fingerprint density at radius 1 is 1.30 bits per heavy atom. The summed E-state index contributed by atoms with van der Waals surface area (Å²) >= 11 is 0. The van der Waals surface area contributed by atoms with E-state index in [-0.39, 0.29) is 6.04 Å². The molecule has 1 aromatic heterocycles. The summed E-state index contributed by atoms with van der Waals surface area (Å²) in [6.45, 7) is 9.96. The third kappa shape index (κ3) is 4.67. The topological polar surface area (TPSA) is 77.2 Å². The number of nitrogens with one attached hydrogen (secondary N) is 1. The Balaban J connectivity index is 2.16. The van der Waals surface area contributed by atoms with Crippen molar-refractivity contribution in [1.29, 1.82) is 0 Å². The van der Waals surface area contributed by atoms with E-state index in [0.717, 1.165) is 24.1 Å². The fourth-order valence-electron chi connectivity index (χ4n) is 3.40. The van der Waals surface area contributed by atoms with Gasteiger partial charge in [0.1, 0.15) is 5.60 Å². The molecule has 1 saturated carbocycles. The molecule has 3 N–H and O–H groups in total. The maximum Gasteiger partial charge on any atom is 0.412 e. The summed E-state index contributed by atoms with van der Waals surface area (Å²) in [6.07, 6.45) is 5.08. The first-order chi connectivity index (χ1) is 10.7. The summed E-state index contributed by atoms with van der Waals surface area (Å²) < 4.78 is 5.35. The van der Waals surface area contributed by atoms with Gasteiger partial charge in [0, 0.05) is 12.2 Å². The maximum absolute atomic E-state index is 12.1. The number of hydrogen-bond donors (Lipinski definition) is 2. The van der Waals surface area contributed by atoms with E-state index in [2.05, 4.69) is 24.1 Å². The summed E-state index contributed by atoms with van der Waals surface area (Å²) in [5, 5.41) is 2.85. The molecule has 0 unspecified atom stereocenters. The highest BCUT2D eigenvalue weighted by atomic mass is 16.6. The molecule has 5 nitrogen and oxygen atoms in total. The van der Waals surface area contributed by atoms with Crippen LogP contribution in [0.1, 0.15) is 58.9 Å². The van der Waals surface area contributed by atoms with Gasteiger partial charge in [0.2, 0.25) is 0 Å². The molecule has 0 radical (unpaired) electrons. The van der Waals surface area contributed by atoms with Gasteiger partial charge in [-0.3, -0.25) is 10.3 Å². The van der Waals surface area contributed by atoms with Crippen LogP contribution >= 0.6 is 0 Å². The molecule has 0 spiro atoms. The summed E-state index contributed by atoms with van der Waals surface area (Å²) in [5.41, 5.74) is 7.59. The van der Waals surface area contributed by atoms with E-state index >= 15 is 0 Å². The van der Waals surface area contributed by atoms with Gasteiger partial charge in [-0.1, -0.05) is 13.8 Å². The minimum atomic E-state index is -0.521. The van der Waals surface area contributed by atoms with Crippen molar-refractivity contribution in [2.45, 2.75) is 65.0 Å². The summed E-state index contributed by atoms with van der Waals surface area (Å²) in [5.74, 6) is 1.31. The zero-order valence-electron chi connectivity index (χ0n) is 14.8. The van der Waals surface area contributed by atoms with E-state index in [4.69, 9.17) is 10.5 Å². The number of anilines is 1. The number of ether oxygens (including phenoxy) is 1. The third-order valence-corrected chi connectivity index (χ3v) is 4.56. The monoisotopic (exact) mass is 319 g/mol. The molecule has 1 heterocycles. The molecule has 2 rings (SSSR count). The van der Waals surface area contributed by atoms with E-state index in [1.807, 2.05) is 26.8 Å². The number of aromatic nitrogens is 1. The van der Waals surface area contributed by atoms with Gasteiger partial charge in [0.05, 0.1) is 11.9 Å². The molecule has 1 amide bonds. The van der Waals surface area contributed by atoms with Crippen molar-refractivity contribution in [3.8, 4) is 0 Å². The molecule has 1 aromatic rings. The summed E-state index contributed by atoms with van der Waals surface area (Å²) in [4.78, 5) is 16.2. The molecule has 128 valence electrons. The van der Waals surface area contributed by atoms with E-state index in [1.165, 1.54) is 0 Å². The van der Waals surface area contributed by atoms with Crippen LogP contribution in [0.4, 0.5) is 10.5 Å². The molecule has 0 saturated heterocycles. The maximum atomic E-state index is 12.1. The van der Waals surface area contributed by atoms with Crippen molar-refractivity contribution in [3.05, 3.63) is 24.0 Å². The van der Waals surface area contributed by atoms with Crippen molar-refractivity contribution < 1.29 is 9.53 Å². The smallest absolute Gasteiger partial charge is 0.412 e. The Labute approximate surface area is 139 Å². The predicted molar refractivity (Wildman–Crippen MR) is 92.4 cm³/mol. The Morgan fingerprint density at radius 2 is 1.91 bits per heavy atom. The standard InChI is InChI=1S/C18H29N3O2/c1-11-8-13(9-12(2)16(11)19)14-6-7-20-10-15(14)21-17(22)23-18(3,4)5/h6-7,10-13,16H,8-9,19H2,1-5H3,(H,21,22)/t11-,12+,13+,16-. The van der Waals surface area contributed by atoms with Crippen molar-refractivity contribution in [1.82, 2.24) is 4.98 Å². The third-order valence-electron chi connectivity index (χ3n) is 4.56. The van der Waals surface area contributed by atoms with Gasteiger partial charge >= 0.3 is 6.09 Å². The van der Waals surface area contributed by atoms with Gasteiger partial charge in [-0.15, -0.1) is 0 Å². The number of carbonyl (C=O) groups is 1. The van der Waals surface area contributed by atoms with Gasteiger partial charge in [-0.25, -0.2) is 4.79 Å². The van der Waals surface area contributed by atoms with Crippen LogP contribution in [-0.2, 0) is 4.74 Å². The largest absolute Gasteiger partial charge is 0.444 e. The van der Waals surface area contributed by atoms with E-state index in [9.17, 15) is 4.79 Å². The summed E-state index contributed by atoms with van der Waals surface area (Å²) in [6, 6.07) is 2.24. The number of hydrogen-bond acceptors (Lipinski definition) is 4. The van der Waals surface area contributed by atoms with Gasteiger partial charge in [-0.05, 0) is 63.0 Å². The van der Waals surface area contributed by atoms with Crippen molar-refractivity contribution >= 4 is 11.8 Å². The highest BCUT2D eigenvalue weighted by Gasteiger charge is 2.32. The quantitative estimate of drug-likeness (QED) is 0.866. The average Bonchev–Trinajstić information content (AvgIpc) is 2.42. The number of carbonyl (C=O) groups excluding carboxylic acids is 1. The van der Waals surface area contributed by atoms with E-state index < -0.39 is 11.7 Å². The molecule has 23 heavy (non-hydrogen) atoms. The Hall–Kier alpha value is -1.62. The second kappa shape index (κ2) is 6.87. The number of amides is 1. The molecular weight excluding hydrogens is 290 g/mol. The van der Waals surface area contributed by atoms with Gasteiger partial charge in [0.25, 0.3) is 0 Å². The van der Waals surface area contributed by atoms with Crippen LogP contribution in [0.3, 0.4) is 0 Å². The molecule has 4 atom stereocenters. The number of nitrogens with zero attached hydrogens (tertiary/aromatic N) is 1. The van der Waals surface area contributed by atoms with Crippen LogP contribution in [0.25, 0.3) is 0 Å². The number of pyridine rings is 1. The second-order valence-electron chi connectivity index (χ2n) is 7.79. The first kappa shape index (κ1) is 17.7. The fourth-order valence-corrected chi connectivity index (χ4v) is 3.40. The SMILES string of the molecule is C[C@@H]1C[C@H](c2ccncc2NC(=O)OC(C)(C)C)C[C@H](C)[C@@H]1N. The lowest BCUT2D eigenvalue weighted by molar-refractivity contribution is 0.0635. The first-order valence-electron chi connectivity index (χ1n) is 8.37. The zero-order chi connectivity index (χ0) is 17.2. The molecule has 0 bridgehead atoms. The highest BCUT2D eigenvalue weighted by Crippen LogP contribution is 2.40. The molecule has 1 aliphatic rings. The lowest BCUT2D eigenvalue weighted by Crippen LogP contribution is -2.40. The first-order valence-corrected chi connectivity index (χ1v) is 8.37. The number of rotatable bonds is 2. The van der Waals surface area contributed by atoms with E-state index in [1.54, 1.807) is 12.4 Å². The number of nitrogens with two attached hydrogens (primary N) is 1. The molecule has 0 aromatic carbocycles. The van der Waals surface area contributed by atoms with Gasteiger partial charge < -0.3 is 10.5 Å². The minimum absolute atomic E-state index is 0.246. The van der Waals surface area contributed by atoms with Crippen LogP contribution in [-0.4, -0.2) is 22.7 Å². The van der Waals surface area contributed by atoms with Crippen LogP contribution in [0.2, 0.25) is 0 Å². The van der Waals surface area contributed by atoms with Gasteiger partial charge in [-0.2, -0.15) is 0 Å². The van der Waals surface area contributed by atoms with Crippen LogP contribution in [0.15, 0.2) is 18.5 Å². The Morgan fingerprint density at radius 3 is 2.48 bits per heavy atom. The summed E-state index contributed by atoms with van der Waals surface area (Å²) in [7, 11) is 0. The Bertz CT molecular complexity index is 541. The Kier molecular flexibility index (Phi) is 5.30. The molecule has 1 aliphatic carbocycles. The predicted octanol–water partition coefficient (Wildman–Crippen LogP) is 3.91. The average molecular weight is 319 g/mol. The molecule has 5 heteroatoms.